The summed E-state index contributed by atoms with van der Waals surface area (Å²) in [4.78, 5) is 40.1. The first kappa shape index (κ1) is 25.5. The normalized spacial score (nSPS) is 12.0. The second kappa shape index (κ2) is 9.96. The molecule has 3 heterocycles. The zero-order valence-corrected chi connectivity index (χ0v) is 22.6. The second-order valence-electron chi connectivity index (χ2n) is 8.78. The molecule has 0 aliphatic carbocycles. The molecule has 5 aromatic rings. The fraction of sp³-hybridized carbons (Fsp3) is 0.185. The number of hydrogen-bond acceptors (Lipinski definition) is 6. The highest BCUT2D eigenvalue weighted by Gasteiger charge is 2.25. The Kier molecular flexibility index (Phi) is 6.68. The van der Waals surface area contributed by atoms with E-state index in [0.717, 1.165) is 21.6 Å². The van der Waals surface area contributed by atoms with Crippen LogP contribution < -0.4 is 10.9 Å². The molecule has 38 heavy (non-hydrogen) atoms. The first-order valence-electron chi connectivity index (χ1n) is 11.8. The van der Waals surface area contributed by atoms with Crippen molar-refractivity contribution < 1.29 is 14.3 Å². The molecule has 11 heteroatoms. The van der Waals surface area contributed by atoms with Gasteiger partial charge >= 0.3 is 5.97 Å². The summed E-state index contributed by atoms with van der Waals surface area (Å²) in [7, 11) is 1.73. The average Bonchev–Trinajstić information content (AvgIpc) is 3.54. The maximum absolute atomic E-state index is 13.1. The minimum atomic E-state index is -1.13. The zero-order valence-electron chi connectivity index (χ0n) is 21.1. The largest absolute Gasteiger partial charge is 0.448 e. The summed E-state index contributed by atoms with van der Waals surface area (Å²) in [5, 5.41) is 8.64. The van der Waals surface area contributed by atoms with E-state index in [2.05, 4.69) is 10.4 Å². The number of anilines is 1. The number of benzene rings is 2. The Morgan fingerprint density at radius 1 is 1.05 bits per heavy atom. The summed E-state index contributed by atoms with van der Waals surface area (Å²) in [6.07, 6.45) is -1.13. The SMILES string of the molecule is Cc1nn(-c2ccc(Cl)cc2)c2sc(C(=O)OC(C)C(=O)Nc3c(C)n(C)n(-c4ccccc4)c3=O)cc12. The highest BCUT2D eigenvalue weighted by atomic mass is 35.5. The summed E-state index contributed by atoms with van der Waals surface area (Å²) in [6.45, 7) is 5.06. The molecule has 1 amide bonds. The molecule has 0 aliphatic rings. The number of thiophene rings is 1. The molecule has 0 spiro atoms. The van der Waals surface area contributed by atoms with Gasteiger partial charge in [0.1, 0.15) is 15.4 Å². The van der Waals surface area contributed by atoms with Gasteiger partial charge in [-0.15, -0.1) is 11.3 Å². The number of esters is 1. The van der Waals surface area contributed by atoms with E-state index in [0.29, 0.717) is 21.3 Å². The molecule has 0 bridgehead atoms. The molecule has 0 fully saturated rings. The van der Waals surface area contributed by atoms with Crippen molar-refractivity contribution in [3.05, 3.63) is 92.3 Å². The fourth-order valence-electron chi connectivity index (χ4n) is 4.11. The van der Waals surface area contributed by atoms with Gasteiger partial charge in [0.15, 0.2) is 6.10 Å². The monoisotopic (exact) mass is 549 g/mol. The van der Waals surface area contributed by atoms with Gasteiger partial charge in [-0.05, 0) is 63.2 Å². The van der Waals surface area contributed by atoms with E-state index < -0.39 is 18.0 Å². The van der Waals surface area contributed by atoms with Gasteiger partial charge in [-0.25, -0.2) is 14.2 Å². The third kappa shape index (κ3) is 4.52. The van der Waals surface area contributed by atoms with E-state index in [9.17, 15) is 14.4 Å². The van der Waals surface area contributed by atoms with Gasteiger partial charge in [-0.2, -0.15) is 5.10 Å². The number of nitrogens with one attached hydrogen (secondary N) is 1. The van der Waals surface area contributed by atoms with Crippen molar-refractivity contribution in [2.75, 3.05) is 5.32 Å². The molecular formula is C27H24ClN5O4S. The van der Waals surface area contributed by atoms with Gasteiger partial charge in [0.05, 0.1) is 22.8 Å². The number of halogens is 1. The van der Waals surface area contributed by atoms with Crippen LogP contribution in [0.25, 0.3) is 21.6 Å². The Bertz CT molecular complexity index is 1730. The van der Waals surface area contributed by atoms with Gasteiger partial charge in [0, 0.05) is 17.5 Å². The van der Waals surface area contributed by atoms with Gasteiger partial charge in [-0.1, -0.05) is 29.8 Å². The Labute approximate surface area is 226 Å². The maximum Gasteiger partial charge on any atom is 0.349 e. The fourth-order valence-corrected chi connectivity index (χ4v) is 5.31. The summed E-state index contributed by atoms with van der Waals surface area (Å²) in [5.74, 6) is -1.24. The van der Waals surface area contributed by atoms with Crippen LogP contribution in [0.5, 0.6) is 0 Å². The molecule has 3 aromatic heterocycles. The number of carbonyl (C=O) groups excluding carboxylic acids is 2. The lowest BCUT2D eigenvalue weighted by molar-refractivity contribution is -0.123. The molecule has 0 radical (unpaired) electrons. The predicted octanol–water partition coefficient (Wildman–Crippen LogP) is 5.03. The van der Waals surface area contributed by atoms with Crippen molar-refractivity contribution >= 4 is 50.7 Å². The number of amides is 1. The highest BCUT2D eigenvalue weighted by molar-refractivity contribution is 7.20. The third-order valence-corrected chi connectivity index (χ3v) is 7.62. The van der Waals surface area contributed by atoms with Crippen LogP contribution in [0.3, 0.4) is 0 Å². The standard InChI is InChI=1S/C27H24ClN5O4S/c1-15-21-14-22(38-26(21)32(30-15)19-12-10-18(28)11-13-19)27(36)37-17(3)24(34)29-23-16(2)31(4)33(25(23)35)20-8-6-5-7-9-20/h5-14,17H,1-4H3,(H,29,34). The molecule has 5 rings (SSSR count). The summed E-state index contributed by atoms with van der Waals surface area (Å²) >= 11 is 7.23. The van der Waals surface area contributed by atoms with Crippen molar-refractivity contribution in [3.8, 4) is 11.4 Å². The molecule has 1 atom stereocenters. The molecule has 0 saturated heterocycles. The number of aromatic nitrogens is 4. The Morgan fingerprint density at radius 2 is 1.74 bits per heavy atom. The Hall–Kier alpha value is -4.15. The molecule has 2 aromatic carbocycles. The van der Waals surface area contributed by atoms with E-state index >= 15 is 0 Å². The minimum absolute atomic E-state index is 0.129. The lowest BCUT2D eigenvalue weighted by atomic mass is 10.3. The van der Waals surface area contributed by atoms with Crippen LogP contribution in [0.1, 0.15) is 28.0 Å². The summed E-state index contributed by atoms with van der Waals surface area (Å²) in [5.41, 5.74) is 2.55. The van der Waals surface area contributed by atoms with Crippen molar-refractivity contribution in [1.29, 1.82) is 0 Å². The average molecular weight is 550 g/mol. The molecule has 194 valence electrons. The molecular weight excluding hydrogens is 526 g/mol. The zero-order chi connectivity index (χ0) is 27.1. The lowest BCUT2D eigenvalue weighted by Crippen LogP contribution is -2.32. The van der Waals surface area contributed by atoms with Gasteiger partial charge in [-0.3, -0.25) is 14.3 Å². The van der Waals surface area contributed by atoms with Crippen molar-refractivity contribution in [3.63, 3.8) is 0 Å². The van der Waals surface area contributed by atoms with Crippen molar-refractivity contribution in [2.24, 2.45) is 7.05 Å². The second-order valence-corrected chi connectivity index (χ2v) is 10.2. The van der Waals surface area contributed by atoms with Crippen LogP contribution >= 0.6 is 22.9 Å². The van der Waals surface area contributed by atoms with Crippen LogP contribution in [0, 0.1) is 13.8 Å². The van der Waals surface area contributed by atoms with Crippen molar-refractivity contribution in [1.82, 2.24) is 19.1 Å². The van der Waals surface area contributed by atoms with E-state index in [1.807, 2.05) is 37.3 Å². The highest BCUT2D eigenvalue weighted by Crippen LogP contribution is 2.31. The number of aryl methyl sites for hydroxylation is 1. The molecule has 9 nitrogen and oxygen atoms in total. The molecule has 0 aliphatic heterocycles. The molecule has 1 N–H and O–H groups in total. The van der Waals surface area contributed by atoms with E-state index in [-0.39, 0.29) is 11.2 Å². The van der Waals surface area contributed by atoms with Gasteiger partial charge < -0.3 is 10.1 Å². The third-order valence-electron chi connectivity index (χ3n) is 6.27. The number of ether oxygens (including phenoxy) is 1. The number of carbonyl (C=O) groups is 2. The Morgan fingerprint density at radius 3 is 2.42 bits per heavy atom. The predicted molar refractivity (Wildman–Crippen MR) is 148 cm³/mol. The number of rotatable bonds is 6. The summed E-state index contributed by atoms with van der Waals surface area (Å²) < 4.78 is 10.3. The number of nitrogens with zero attached hydrogens (tertiary/aromatic N) is 4. The number of fused-ring (bicyclic) bond motifs is 1. The number of hydrogen-bond donors (Lipinski definition) is 1. The molecule has 1 unspecified atom stereocenters. The molecule has 0 saturated carbocycles. The van der Waals surface area contributed by atoms with Crippen LogP contribution in [-0.4, -0.2) is 37.1 Å². The van der Waals surface area contributed by atoms with Crippen LogP contribution in [-0.2, 0) is 16.6 Å². The first-order chi connectivity index (χ1) is 18.2. The smallest absolute Gasteiger partial charge is 0.349 e. The number of para-hydroxylation sites is 1. The minimum Gasteiger partial charge on any atom is -0.448 e. The summed E-state index contributed by atoms with van der Waals surface area (Å²) in [6, 6.07) is 18.0. The maximum atomic E-state index is 13.1. The van der Waals surface area contributed by atoms with Crippen LogP contribution in [0.2, 0.25) is 5.02 Å². The van der Waals surface area contributed by atoms with Crippen LogP contribution in [0.15, 0.2) is 65.5 Å². The lowest BCUT2D eigenvalue weighted by Gasteiger charge is -2.12. The van der Waals surface area contributed by atoms with Gasteiger partial charge in [0.25, 0.3) is 11.5 Å². The van der Waals surface area contributed by atoms with Crippen LogP contribution in [0.4, 0.5) is 5.69 Å². The topological polar surface area (TPSA) is 100 Å². The van der Waals surface area contributed by atoms with E-state index in [4.69, 9.17) is 16.3 Å². The Balaban J connectivity index is 1.34. The van der Waals surface area contributed by atoms with E-state index in [1.165, 1.54) is 22.9 Å². The van der Waals surface area contributed by atoms with Crippen molar-refractivity contribution in [2.45, 2.75) is 26.9 Å². The van der Waals surface area contributed by atoms with E-state index in [1.54, 1.807) is 53.7 Å². The first-order valence-corrected chi connectivity index (χ1v) is 13.0. The quantitative estimate of drug-likeness (QED) is 0.299. The van der Waals surface area contributed by atoms with Gasteiger partial charge in [0.2, 0.25) is 0 Å².